The highest BCUT2D eigenvalue weighted by atomic mass is 16.3. The number of aliphatic hydroxyl groups excluding tert-OH is 1. The van der Waals surface area contributed by atoms with Crippen LogP contribution in [0.2, 0.25) is 0 Å². The van der Waals surface area contributed by atoms with Crippen LogP contribution in [0.3, 0.4) is 0 Å². The van der Waals surface area contributed by atoms with Gasteiger partial charge in [-0.3, -0.25) is 4.79 Å². The molecule has 0 saturated heterocycles. The fourth-order valence-corrected chi connectivity index (χ4v) is 2.59. The zero-order chi connectivity index (χ0) is 11.9. The highest BCUT2D eigenvalue weighted by molar-refractivity contribution is 5.86. The summed E-state index contributed by atoms with van der Waals surface area (Å²) in [5, 5.41) is 9.20. The van der Waals surface area contributed by atoms with Crippen LogP contribution in [0, 0.1) is 11.8 Å². The number of nitrogens with two attached hydrogens (primary N) is 1. The van der Waals surface area contributed by atoms with Crippen LogP contribution >= 0.6 is 0 Å². The van der Waals surface area contributed by atoms with Gasteiger partial charge in [0.25, 0.3) is 0 Å². The van der Waals surface area contributed by atoms with E-state index in [0.717, 1.165) is 32.2 Å². The predicted octanol–water partition coefficient (Wildman–Crippen LogP) is 0.343. The second-order valence-corrected chi connectivity index (χ2v) is 5.73. The van der Waals surface area contributed by atoms with Crippen molar-refractivity contribution >= 4 is 5.91 Å². The molecule has 0 bridgehead atoms. The van der Waals surface area contributed by atoms with Crippen molar-refractivity contribution in [2.45, 2.75) is 44.2 Å². The molecule has 4 heteroatoms. The van der Waals surface area contributed by atoms with Gasteiger partial charge in [0.1, 0.15) is 0 Å². The Labute approximate surface area is 96.8 Å². The molecular formula is C12H22N2O2. The van der Waals surface area contributed by atoms with Crippen LogP contribution in [0.5, 0.6) is 0 Å². The average molecular weight is 226 g/mol. The van der Waals surface area contributed by atoms with Crippen molar-refractivity contribution in [3.8, 4) is 0 Å². The minimum atomic E-state index is -0.683. The molecule has 1 unspecified atom stereocenters. The Morgan fingerprint density at radius 3 is 2.50 bits per heavy atom. The van der Waals surface area contributed by atoms with Crippen molar-refractivity contribution in [2.24, 2.45) is 17.6 Å². The molecule has 3 N–H and O–H groups in total. The first-order chi connectivity index (χ1) is 7.41. The molecule has 2 aliphatic rings. The summed E-state index contributed by atoms with van der Waals surface area (Å²) in [6.07, 6.45) is 3.65. The molecule has 2 rings (SSSR count). The highest BCUT2D eigenvalue weighted by Crippen LogP contribution is 2.39. The molecule has 1 amide bonds. The van der Waals surface area contributed by atoms with E-state index in [9.17, 15) is 9.90 Å². The maximum absolute atomic E-state index is 12.1. The molecule has 0 aromatic heterocycles. The van der Waals surface area contributed by atoms with Gasteiger partial charge >= 0.3 is 0 Å². The monoisotopic (exact) mass is 226 g/mol. The number of carbonyl (C=O) groups excluding carboxylic acids is 1. The Morgan fingerprint density at radius 2 is 2.06 bits per heavy atom. The molecule has 1 atom stereocenters. The first-order valence-electron chi connectivity index (χ1n) is 6.13. The lowest BCUT2D eigenvalue weighted by molar-refractivity contribution is -0.137. The van der Waals surface area contributed by atoms with E-state index in [-0.39, 0.29) is 12.0 Å². The minimum absolute atomic E-state index is 0.0522. The maximum Gasteiger partial charge on any atom is 0.242 e. The molecule has 0 aromatic carbocycles. The SMILES string of the molecule is CN(CC1CC(O)C1)C(=O)C(C)(N)C1CC1. The van der Waals surface area contributed by atoms with Crippen molar-refractivity contribution in [1.29, 1.82) is 0 Å². The van der Waals surface area contributed by atoms with Gasteiger partial charge in [0.2, 0.25) is 5.91 Å². The van der Waals surface area contributed by atoms with E-state index in [1.807, 2.05) is 14.0 Å². The highest BCUT2D eigenvalue weighted by Gasteiger charge is 2.45. The Balaban J connectivity index is 1.84. The number of carbonyl (C=O) groups is 1. The fraction of sp³-hybridized carbons (Fsp3) is 0.917. The van der Waals surface area contributed by atoms with Gasteiger partial charge in [-0.1, -0.05) is 0 Å². The normalized spacial score (nSPS) is 32.8. The predicted molar refractivity (Wildman–Crippen MR) is 61.7 cm³/mol. The first-order valence-corrected chi connectivity index (χ1v) is 6.13. The van der Waals surface area contributed by atoms with Crippen molar-refractivity contribution in [3.05, 3.63) is 0 Å². The van der Waals surface area contributed by atoms with Crippen LogP contribution in [-0.2, 0) is 4.79 Å². The smallest absolute Gasteiger partial charge is 0.242 e. The Kier molecular flexibility index (Phi) is 2.97. The third-order valence-electron chi connectivity index (χ3n) is 3.98. The molecule has 0 aromatic rings. The molecule has 0 heterocycles. The molecule has 92 valence electrons. The van der Waals surface area contributed by atoms with E-state index in [2.05, 4.69) is 0 Å². The van der Waals surface area contributed by atoms with Crippen LogP contribution in [0.15, 0.2) is 0 Å². The van der Waals surface area contributed by atoms with Gasteiger partial charge in [0.15, 0.2) is 0 Å². The number of hydrogen-bond acceptors (Lipinski definition) is 3. The van der Waals surface area contributed by atoms with Crippen LogP contribution in [0.4, 0.5) is 0 Å². The number of amides is 1. The lowest BCUT2D eigenvalue weighted by Gasteiger charge is -2.37. The molecule has 0 radical (unpaired) electrons. The number of rotatable bonds is 4. The summed E-state index contributed by atoms with van der Waals surface area (Å²) < 4.78 is 0. The van der Waals surface area contributed by atoms with Gasteiger partial charge in [-0.25, -0.2) is 0 Å². The molecule has 2 saturated carbocycles. The lowest BCUT2D eigenvalue weighted by Crippen LogP contribution is -2.55. The van der Waals surface area contributed by atoms with Gasteiger partial charge < -0.3 is 15.7 Å². The number of aliphatic hydroxyl groups is 1. The van der Waals surface area contributed by atoms with Gasteiger partial charge in [0.05, 0.1) is 11.6 Å². The molecule has 4 nitrogen and oxygen atoms in total. The third-order valence-corrected chi connectivity index (χ3v) is 3.98. The lowest BCUT2D eigenvalue weighted by atomic mass is 9.82. The summed E-state index contributed by atoms with van der Waals surface area (Å²) >= 11 is 0. The maximum atomic E-state index is 12.1. The van der Waals surface area contributed by atoms with E-state index in [1.54, 1.807) is 4.90 Å². The topological polar surface area (TPSA) is 66.6 Å². The van der Waals surface area contributed by atoms with Gasteiger partial charge in [-0.05, 0) is 44.4 Å². The zero-order valence-electron chi connectivity index (χ0n) is 10.1. The van der Waals surface area contributed by atoms with Crippen LogP contribution in [-0.4, -0.2) is 41.1 Å². The Bertz CT molecular complexity index is 281. The third kappa shape index (κ3) is 2.23. The summed E-state index contributed by atoms with van der Waals surface area (Å²) in [6.45, 7) is 2.58. The van der Waals surface area contributed by atoms with Crippen LogP contribution in [0.1, 0.15) is 32.6 Å². The van der Waals surface area contributed by atoms with Gasteiger partial charge in [0, 0.05) is 13.6 Å². The van der Waals surface area contributed by atoms with Crippen molar-refractivity contribution in [1.82, 2.24) is 4.90 Å². The molecule has 2 aliphatic carbocycles. The number of likely N-dealkylation sites (N-methyl/N-ethyl adjacent to an activating group) is 1. The first kappa shape index (κ1) is 11.9. The summed E-state index contributed by atoms with van der Waals surface area (Å²) in [4.78, 5) is 13.9. The van der Waals surface area contributed by atoms with E-state index in [4.69, 9.17) is 5.73 Å². The van der Waals surface area contributed by atoms with E-state index in [0.29, 0.717) is 11.8 Å². The quantitative estimate of drug-likeness (QED) is 0.726. The average Bonchev–Trinajstić information content (AvgIpc) is 2.97. The molecule has 0 aliphatic heterocycles. The number of hydrogen-bond donors (Lipinski definition) is 2. The fourth-order valence-electron chi connectivity index (χ4n) is 2.59. The Morgan fingerprint density at radius 1 is 1.50 bits per heavy atom. The summed E-state index contributed by atoms with van der Waals surface area (Å²) in [5.74, 6) is 0.879. The second-order valence-electron chi connectivity index (χ2n) is 5.73. The summed E-state index contributed by atoms with van der Waals surface area (Å²) in [5.41, 5.74) is 5.40. The van der Waals surface area contributed by atoms with E-state index in [1.165, 1.54) is 0 Å². The molecule has 16 heavy (non-hydrogen) atoms. The Hall–Kier alpha value is -0.610. The van der Waals surface area contributed by atoms with E-state index >= 15 is 0 Å². The molecule has 2 fully saturated rings. The van der Waals surface area contributed by atoms with Crippen LogP contribution < -0.4 is 5.73 Å². The minimum Gasteiger partial charge on any atom is -0.393 e. The number of nitrogens with zero attached hydrogens (tertiary/aromatic N) is 1. The van der Waals surface area contributed by atoms with Crippen LogP contribution in [0.25, 0.3) is 0 Å². The summed E-state index contributed by atoms with van der Waals surface area (Å²) in [7, 11) is 1.82. The summed E-state index contributed by atoms with van der Waals surface area (Å²) in [6, 6.07) is 0. The van der Waals surface area contributed by atoms with Gasteiger partial charge in [-0.15, -0.1) is 0 Å². The van der Waals surface area contributed by atoms with Crippen molar-refractivity contribution < 1.29 is 9.90 Å². The molecule has 0 spiro atoms. The van der Waals surface area contributed by atoms with E-state index < -0.39 is 5.54 Å². The second kappa shape index (κ2) is 4.00. The zero-order valence-corrected chi connectivity index (χ0v) is 10.1. The standard InChI is InChI=1S/C12H22N2O2/c1-12(13,9-3-4-9)11(16)14(2)7-8-5-10(15)6-8/h8-10,15H,3-7,13H2,1-2H3. The van der Waals surface area contributed by atoms with Gasteiger partial charge in [-0.2, -0.15) is 0 Å². The largest absolute Gasteiger partial charge is 0.393 e. The van der Waals surface area contributed by atoms with Crippen molar-refractivity contribution in [3.63, 3.8) is 0 Å². The van der Waals surface area contributed by atoms with Crippen molar-refractivity contribution in [2.75, 3.05) is 13.6 Å². The molecular weight excluding hydrogens is 204 g/mol.